The number of benzene rings is 1. The lowest BCUT2D eigenvalue weighted by molar-refractivity contribution is -0.00105. The number of hydrogen-bond acceptors (Lipinski definition) is 4. The minimum Gasteiger partial charge on any atom is -0.379 e. The molecule has 1 aliphatic heterocycles. The maximum atomic E-state index is 10.2. The Bertz CT molecular complexity index is 335. The fourth-order valence-corrected chi connectivity index (χ4v) is 2.02. The Kier molecular flexibility index (Phi) is 4.12. The average Bonchev–Trinajstić information content (AvgIpc) is 2.39. The number of nitrogens with zero attached hydrogens (tertiary/aromatic N) is 1. The van der Waals surface area contributed by atoms with Crippen LogP contribution in [0.5, 0.6) is 0 Å². The van der Waals surface area contributed by atoms with Crippen molar-refractivity contribution >= 4 is 0 Å². The summed E-state index contributed by atoms with van der Waals surface area (Å²) in [7, 11) is 0. The van der Waals surface area contributed by atoms with Crippen LogP contribution in [0.25, 0.3) is 0 Å². The lowest BCUT2D eigenvalue weighted by Gasteiger charge is -2.30. The lowest BCUT2D eigenvalue weighted by Crippen LogP contribution is -2.43. The van der Waals surface area contributed by atoms with Crippen LogP contribution in [0.2, 0.25) is 0 Å². The molecule has 0 amide bonds. The van der Waals surface area contributed by atoms with Crippen LogP contribution in [0.1, 0.15) is 12.0 Å². The highest BCUT2D eigenvalue weighted by molar-refractivity contribution is 5.20. The van der Waals surface area contributed by atoms with Crippen molar-refractivity contribution in [1.82, 2.24) is 4.90 Å². The number of ether oxygens (including phenoxy) is 1. The van der Waals surface area contributed by atoms with Crippen LogP contribution in [-0.4, -0.2) is 42.9 Å². The van der Waals surface area contributed by atoms with E-state index in [0.717, 1.165) is 38.4 Å². The summed E-state index contributed by atoms with van der Waals surface area (Å²) >= 11 is 0. The first-order valence-corrected chi connectivity index (χ1v) is 6.05. The molecule has 0 unspecified atom stereocenters. The number of nitrogens with two attached hydrogens (primary N) is 1. The predicted octanol–water partition coefficient (Wildman–Crippen LogP) is 0.513. The zero-order chi connectivity index (χ0) is 12.1. The van der Waals surface area contributed by atoms with E-state index in [9.17, 15) is 5.11 Å². The van der Waals surface area contributed by atoms with Gasteiger partial charge in [-0.1, -0.05) is 30.3 Å². The third-order valence-corrected chi connectivity index (χ3v) is 3.19. The van der Waals surface area contributed by atoms with Crippen molar-refractivity contribution in [3.8, 4) is 0 Å². The number of hydrogen-bond donors (Lipinski definition) is 2. The van der Waals surface area contributed by atoms with Gasteiger partial charge in [0.1, 0.15) is 5.72 Å². The van der Waals surface area contributed by atoms with E-state index in [1.807, 2.05) is 30.3 Å². The third kappa shape index (κ3) is 3.51. The van der Waals surface area contributed by atoms with Gasteiger partial charge in [-0.05, 0) is 5.56 Å². The van der Waals surface area contributed by atoms with Crippen molar-refractivity contribution in [2.75, 3.05) is 32.8 Å². The molecule has 0 bridgehead atoms. The molecule has 1 atom stereocenters. The second kappa shape index (κ2) is 5.60. The van der Waals surface area contributed by atoms with Gasteiger partial charge in [0.05, 0.1) is 13.2 Å². The van der Waals surface area contributed by atoms with E-state index in [0.29, 0.717) is 6.42 Å². The minimum atomic E-state index is -1.24. The Morgan fingerprint density at radius 2 is 1.88 bits per heavy atom. The summed E-state index contributed by atoms with van der Waals surface area (Å²) in [4.78, 5) is 2.27. The molecule has 0 radical (unpaired) electrons. The molecule has 1 heterocycles. The summed E-state index contributed by atoms with van der Waals surface area (Å²) < 4.78 is 5.28. The largest absolute Gasteiger partial charge is 0.379 e. The minimum absolute atomic E-state index is 0.539. The lowest BCUT2D eigenvalue weighted by atomic mass is 10.00. The zero-order valence-corrected chi connectivity index (χ0v) is 10.0. The van der Waals surface area contributed by atoms with Crippen LogP contribution in [0.15, 0.2) is 30.3 Å². The summed E-state index contributed by atoms with van der Waals surface area (Å²) in [5.41, 5.74) is 5.49. The Morgan fingerprint density at radius 1 is 1.24 bits per heavy atom. The molecule has 1 aliphatic rings. The zero-order valence-electron chi connectivity index (χ0n) is 10.0. The summed E-state index contributed by atoms with van der Waals surface area (Å²) in [6, 6.07) is 9.42. The molecule has 17 heavy (non-hydrogen) atoms. The Labute approximate surface area is 102 Å². The molecule has 0 aromatic heterocycles. The van der Waals surface area contributed by atoms with E-state index < -0.39 is 5.72 Å². The van der Waals surface area contributed by atoms with Crippen molar-refractivity contribution in [2.24, 2.45) is 5.73 Å². The third-order valence-electron chi connectivity index (χ3n) is 3.19. The average molecular weight is 236 g/mol. The normalized spacial score (nSPS) is 21.1. The van der Waals surface area contributed by atoms with Crippen LogP contribution in [-0.2, 0) is 10.5 Å². The SMILES string of the molecule is N[C@@](O)(CCN1CCOCC1)c1ccccc1. The number of rotatable bonds is 4. The maximum Gasteiger partial charge on any atom is 0.140 e. The van der Waals surface area contributed by atoms with Gasteiger partial charge < -0.3 is 9.84 Å². The van der Waals surface area contributed by atoms with Gasteiger partial charge in [-0.3, -0.25) is 10.6 Å². The first-order chi connectivity index (χ1) is 8.18. The molecular weight excluding hydrogens is 216 g/mol. The maximum absolute atomic E-state index is 10.2. The Hall–Kier alpha value is -0.940. The van der Waals surface area contributed by atoms with Crippen molar-refractivity contribution < 1.29 is 9.84 Å². The van der Waals surface area contributed by atoms with E-state index in [2.05, 4.69) is 4.90 Å². The van der Waals surface area contributed by atoms with Crippen LogP contribution in [0, 0.1) is 0 Å². The molecule has 4 heteroatoms. The van der Waals surface area contributed by atoms with E-state index >= 15 is 0 Å². The van der Waals surface area contributed by atoms with Crippen molar-refractivity contribution in [1.29, 1.82) is 0 Å². The molecule has 1 fully saturated rings. The molecule has 0 saturated carbocycles. The van der Waals surface area contributed by atoms with E-state index in [4.69, 9.17) is 10.5 Å². The van der Waals surface area contributed by atoms with Gasteiger partial charge in [0.2, 0.25) is 0 Å². The highest BCUT2D eigenvalue weighted by Gasteiger charge is 2.24. The summed E-state index contributed by atoms with van der Waals surface area (Å²) in [5, 5.41) is 10.2. The first-order valence-electron chi connectivity index (χ1n) is 6.05. The molecule has 0 aliphatic carbocycles. The quantitative estimate of drug-likeness (QED) is 0.748. The molecule has 4 nitrogen and oxygen atoms in total. The van der Waals surface area contributed by atoms with Crippen molar-refractivity contribution in [2.45, 2.75) is 12.1 Å². The second-order valence-corrected chi connectivity index (χ2v) is 4.49. The number of morpholine rings is 1. The first kappa shape index (κ1) is 12.5. The van der Waals surface area contributed by atoms with Crippen LogP contribution < -0.4 is 5.73 Å². The van der Waals surface area contributed by atoms with Crippen molar-refractivity contribution in [3.63, 3.8) is 0 Å². The Balaban J connectivity index is 1.88. The van der Waals surface area contributed by atoms with E-state index in [1.165, 1.54) is 0 Å². The summed E-state index contributed by atoms with van der Waals surface area (Å²) in [5.74, 6) is 0. The van der Waals surface area contributed by atoms with Gasteiger partial charge in [0, 0.05) is 26.1 Å². The molecule has 1 aromatic carbocycles. The van der Waals surface area contributed by atoms with Gasteiger partial charge in [0.15, 0.2) is 0 Å². The molecule has 0 spiro atoms. The van der Waals surface area contributed by atoms with Gasteiger partial charge in [-0.15, -0.1) is 0 Å². The molecule has 94 valence electrons. The van der Waals surface area contributed by atoms with Gasteiger partial charge in [0.25, 0.3) is 0 Å². The van der Waals surface area contributed by atoms with Gasteiger partial charge >= 0.3 is 0 Å². The van der Waals surface area contributed by atoms with Crippen LogP contribution in [0.3, 0.4) is 0 Å². The molecule has 1 saturated heterocycles. The van der Waals surface area contributed by atoms with Crippen LogP contribution >= 0.6 is 0 Å². The smallest absolute Gasteiger partial charge is 0.140 e. The molecule has 1 aromatic rings. The fourth-order valence-electron chi connectivity index (χ4n) is 2.02. The molecule has 2 rings (SSSR count). The highest BCUT2D eigenvalue weighted by Crippen LogP contribution is 2.19. The molecule has 3 N–H and O–H groups in total. The summed E-state index contributed by atoms with van der Waals surface area (Å²) in [6.45, 7) is 4.18. The highest BCUT2D eigenvalue weighted by atomic mass is 16.5. The predicted molar refractivity (Wildman–Crippen MR) is 66.4 cm³/mol. The monoisotopic (exact) mass is 236 g/mol. The van der Waals surface area contributed by atoms with Gasteiger partial charge in [-0.2, -0.15) is 0 Å². The van der Waals surface area contributed by atoms with Crippen molar-refractivity contribution in [3.05, 3.63) is 35.9 Å². The van der Waals surface area contributed by atoms with Crippen LogP contribution in [0.4, 0.5) is 0 Å². The second-order valence-electron chi connectivity index (χ2n) is 4.49. The van der Waals surface area contributed by atoms with Gasteiger partial charge in [-0.25, -0.2) is 0 Å². The summed E-state index contributed by atoms with van der Waals surface area (Å²) in [6.07, 6.45) is 0.539. The number of aliphatic hydroxyl groups is 1. The Morgan fingerprint density at radius 3 is 2.53 bits per heavy atom. The fraction of sp³-hybridized carbons (Fsp3) is 0.538. The van der Waals surface area contributed by atoms with E-state index in [-0.39, 0.29) is 0 Å². The topological polar surface area (TPSA) is 58.7 Å². The standard InChI is InChI=1S/C13H20N2O2/c14-13(16,12-4-2-1-3-5-12)6-7-15-8-10-17-11-9-15/h1-5,16H,6-11,14H2/t13-/m1/s1. The van der Waals surface area contributed by atoms with E-state index in [1.54, 1.807) is 0 Å². The molecular formula is C13H20N2O2.